The number of aliphatic imine (C=N–C) groups is 1. The first-order valence-electron chi connectivity index (χ1n) is 9.51. The Bertz CT molecular complexity index is 647. The molecule has 2 rings (SSSR count). The summed E-state index contributed by atoms with van der Waals surface area (Å²) < 4.78 is 0. The largest absolute Gasteiger partial charge is 0.370 e. The molecule has 1 aromatic carbocycles. The molecule has 3 N–H and O–H groups in total. The molecule has 1 aliphatic heterocycles. The first-order chi connectivity index (χ1) is 13.0. The third kappa shape index (κ3) is 6.92. The summed E-state index contributed by atoms with van der Waals surface area (Å²) in [6.45, 7) is 2.80. The van der Waals surface area contributed by atoms with Crippen LogP contribution >= 0.6 is 0 Å². The average Bonchev–Trinajstić information content (AvgIpc) is 2.65. The Hall–Kier alpha value is -2.57. The van der Waals surface area contributed by atoms with Gasteiger partial charge in [-0.05, 0) is 24.3 Å². The number of rotatable bonds is 7. The van der Waals surface area contributed by atoms with Crippen LogP contribution in [0.1, 0.15) is 31.2 Å². The molecule has 0 aromatic heterocycles. The molecule has 0 bridgehead atoms. The molecule has 0 aliphatic carbocycles. The Morgan fingerprint density at radius 3 is 2.74 bits per heavy atom. The van der Waals surface area contributed by atoms with Crippen LogP contribution in [0, 0.1) is 5.92 Å². The Morgan fingerprint density at radius 1 is 1.33 bits per heavy atom. The van der Waals surface area contributed by atoms with Crippen LogP contribution in [0.5, 0.6) is 0 Å². The van der Waals surface area contributed by atoms with Crippen molar-refractivity contribution in [3.05, 3.63) is 35.9 Å². The SMILES string of the molecule is CN=C(NCCC(=O)N(C)Cc1ccccc1)N1CCCC(CC(N)=O)C1. The second-order valence-electron chi connectivity index (χ2n) is 7.08. The summed E-state index contributed by atoms with van der Waals surface area (Å²) in [4.78, 5) is 31.7. The van der Waals surface area contributed by atoms with Gasteiger partial charge in [-0.3, -0.25) is 14.6 Å². The molecular weight excluding hydrogens is 342 g/mol. The summed E-state index contributed by atoms with van der Waals surface area (Å²) in [6.07, 6.45) is 2.84. The van der Waals surface area contributed by atoms with E-state index >= 15 is 0 Å². The van der Waals surface area contributed by atoms with Crippen LogP contribution in [0.15, 0.2) is 35.3 Å². The molecule has 1 aromatic rings. The predicted octanol–water partition coefficient (Wildman–Crippen LogP) is 1.20. The predicted molar refractivity (Wildman–Crippen MR) is 107 cm³/mol. The van der Waals surface area contributed by atoms with Crippen molar-refractivity contribution in [3.63, 3.8) is 0 Å². The average molecular weight is 374 g/mol. The number of hydrogen-bond acceptors (Lipinski definition) is 3. The maximum absolute atomic E-state index is 12.3. The lowest BCUT2D eigenvalue weighted by atomic mass is 9.95. The minimum atomic E-state index is -0.253. The molecule has 1 heterocycles. The van der Waals surface area contributed by atoms with Gasteiger partial charge in [0, 0.05) is 53.1 Å². The van der Waals surface area contributed by atoms with Crippen LogP contribution in [0.2, 0.25) is 0 Å². The molecule has 27 heavy (non-hydrogen) atoms. The maximum atomic E-state index is 12.3. The summed E-state index contributed by atoms with van der Waals surface area (Å²) >= 11 is 0. The van der Waals surface area contributed by atoms with Crippen molar-refractivity contribution in [1.29, 1.82) is 0 Å². The molecule has 7 nitrogen and oxygen atoms in total. The molecule has 1 atom stereocenters. The van der Waals surface area contributed by atoms with Crippen molar-refractivity contribution >= 4 is 17.8 Å². The minimum absolute atomic E-state index is 0.0899. The van der Waals surface area contributed by atoms with Crippen LogP contribution < -0.4 is 11.1 Å². The van der Waals surface area contributed by atoms with Gasteiger partial charge >= 0.3 is 0 Å². The van der Waals surface area contributed by atoms with E-state index in [-0.39, 0.29) is 17.7 Å². The molecule has 0 spiro atoms. The number of guanidine groups is 1. The Labute approximate surface area is 161 Å². The standard InChI is InChI=1S/C20H31N5O2/c1-22-20(25-12-6-9-17(15-25)13-18(21)26)23-11-10-19(27)24(2)14-16-7-4-3-5-8-16/h3-5,7-8,17H,6,9-15H2,1-2H3,(H2,21,26)(H,22,23). The summed E-state index contributed by atoms with van der Waals surface area (Å²) in [5, 5.41) is 3.27. The zero-order valence-corrected chi connectivity index (χ0v) is 16.4. The van der Waals surface area contributed by atoms with Crippen molar-refractivity contribution in [1.82, 2.24) is 15.1 Å². The van der Waals surface area contributed by atoms with E-state index in [0.29, 0.717) is 25.9 Å². The van der Waals surface area contributed by atoms with Gasteiger partial charge in [0.25, 0.3) is 0 Å². The number of carbonyl (C=O) groups excluding carboxylic acids is 2. The molecule has 2 amide bonds. The maximum Gasteiger partial charge on any atom is 0.224 e. The second-order valence-corrected chi connectivity index (χ2v) is 7.08. The number of nitrogens with zero attached hydrogens (tertiary/aromatic N) is 3. The van der Waals surface area contributed by atoms with E-state index in [1.165, 1.54) is 0 Å². The molecule has 0 radical (unpaired) electrons. The Balaban J connectivity index is 1.76. The minimum Gasteiger partial charge on any atom is -0.370 e. The molecule has 1 fully saturated rings. The first kappa shape index (κ1) is 20.7. The zero-order valence-electron chi connectivity index (χ0n) is 16.4. The van der Waals surface area contributed by atoms with Crippen molar-refractivity contribution in [2.45, 2.75) is 32.2 Å². The molecule has 148 valence electrons. The fourth-order valence-electron chi connectivity index (χ4n) is 3.46. The van der Waals surface area contributed by atoms with Gasteiger partial charge in [0.05, 0.1) is 0 Å². The number of nitrogens with one attached hydrogen (secondary N) is 1. The first-order valence-corrected chi connectivity index (χ1v) is 9.51. The number of nitrogens with two attached hydrogens (primary N) is 1. The molecule has 0 saturated carbocycles. The smallest absolute Gasteiger partial charge is 0.224 e. The topological polar surface area (TPSA) is 91.0 Å². The van der Waals surface area contributed by atoms with Gasteiger partial charge in [-0.2, -0.15) is 0 Å². The Kier molecular flexibility index (Phi) is 8.10. The summed E-state index contributed by atoms with van der Waals surface area (Å²) in [7, 11) is 3.56. The van der Waals surface area contributed by atoms with E-state index in [4.69, 9.17) is 5.73 Å². The number of benzene rings is 1. The number of piperidine rings is 1. The summed E-state index contributed by atoms with van der Waals surface area (Å²) in [5.41, 5.74) is 6.45. The summed E-state index contributed by atoms with van der Waals surface area (Å²) in [5.74, 6) is 0.889. The second kappa shape index (κ2) is 10.5. The highest BCUT2D eigenvalue weighted by Crippen LogP contribution is 2.19. The van der Waals surface area contributed by atoms with Gasteiger partial charge in [-0.25, -0.2) is 0 Å². The van der Waals surface area contributed by atoms with E-state index in [2.05, 4.69) is 15.2 Å². The quantitative estimate of drug-likeness (QED) is 0.555. The fraction of sp³-hybridized carbons (Fsp3) is 0.550. The number of primary amides is 1. The van der Waals surface area contributed by atoms with Crippen molar-refractivity contribution in [2.24, 2.45) is 16.6 Å². The highest BCUT2D eigenvalue weighted by molar-refractivity contribution is 5.81. The van der Waals surface area contributed by atoms with Crippen LogP contribution in [0.3, 0.4) is 0 Å². The van der Waals surface area contributed by atoms with Gasteiger partial charge < -0.3 is 20.9 Å². The van der Waals surface area contributed by atoms with Crippen LogP contribution in [-0.4, -0.2) is 61.3 Å². The lowest BCUT2D eigenvalue weighted by Crippen LogP contribution is -2.47. The third-order valence-electron chi connectivity index (χ3n) is 4.83. The lowest BCUT2D eigenvalue weighted by Gasteiger charge is -2.34. The molecule has 1 unspecified atom stereocenters. The van der Waals surface area contributed by atoms with E-state index < -0.39 is 0 Å². The van der Waals surface area contributed by atoms with E-state index in [0.717, 1.165) is 37.5 Å². The summed E-state index contributed by atoms with van der Waals surface area (Å²) in [6, 6.07) is 9.95. The van der Waals surface area contributed by atoms with Crippen molar-refractivity contribution in [2.75, 3.05) is 33.7 Å². The van der Waals surface area contributed by atoms with E-state index in [1.807, 2.05) is 37.4 Å². The van der Waals surface area contributed by atoms with Crippen LogP contribution in [0.25, 0.3) is 0 Å². The molecular formula is C20H31N5O2. The van der Waals surface area contributed by atoms with E-state index in [1.54, 1.807) is 11.9 Å². The van der Waals surface area contributed by atoms with E-state index in [9.17, 15) is 9.59 Å². The van der Waals surface area contributed by atoms with Gasteiger partial charge in [0.1, 0.15) is 0 Å². The van der Waals surface area contributed by atoms with Crippen LogP contribution in [0.4, 0.5) is 0 Å². The number of carbonyl (C=O) groups is 2. The van der Waals surface area contributed by atoms with Gasteiger partial charge in [0.2, 0.25) is 11.8 Å². The number of likely N-dealkylation sites (tertiary alicyclic amines) is 1. The van der Waals surface area contributed by atoms with Gasteiger partial charge in [0.15, 0.2) is 5.96 Å². The number of hydrogen-bond donors (Lipinski definition) is 2. The highest BCUT2D eigenvalue weighted by Gasteiger charge is 2.23. The molecule has 1 aliphatic rings. The fourth-order valence-corrected chi connectivity index (χ4v) is 3.46. The van der Waals surface area contributed by atoms with Crippen molar-refractivity contribution < 1.29 is 9.59 Å². The molecule has 7 heteroatoms. The van der Waals surface area contributed by atoms with Crippen LogP contribution in [-0.2, 0) is 16.1 Å². The third-order valence-corrected chi connectivity index (χ3v) is 4.83. The molecule has 1 saturated heterocycles. The lowest BCUT2D eigenvalue weighted by molar-refractivity contribution is -0.130. The highest BCUT2D eigenvalue weighted by atomic mass is 16.2. The monoisotopic (exact) mass is 373 g/mol. The Morgan fingerprint density at radius 2 is 2.07 bits per heavy atom. The van der Waals surface area contributed by atoms with Gasteiger partial charge in [-0.1, -0.05) is 30.3 Å². The zero-order chi connectivity index (χ0) is 19.6. The number of amides is 2. The van der Waals surface area contributed by atoms with Crippen molar-refractivity contribution in [3.8, 4) is 0 Å². The normalized spacial score (nSPS) is 17.5. The van der Waals surface area contributed by atoms with Gasteiger partial charge in [-0.15, -0.1) is 0 Å².